The van der Waals surface area contributed by atoms with Crippen LogP contribution in [-0.4, -0.2) is 38.9 Å². The molecule has 0 aromatic heterocycles. The molecule has 0 unspecified atom stereocenters. The van der Waals surface area contributed by atoms with Gasteiger partial charge in [-0.25, -0.2) is 0 Å². The summed E-state index contributed by atoms with van der Waals surface area (Å²) in [7, 11) is -0.480. The first-order valence-corrected chi connectivity index (χ1v) is 17.0. The Morgan fingerprint density at radius 2 is 1.81 bits per heavy atom. The van der Waals surface area contributed by atoms with E-state index in [2.05, 4.69) is 79.0 Å². The van der Waals surface area contributed by atoms with Crippen molar-refractivity contribution < 1.29 is 19.4 Å². The molecular weight excluding hydrogens is 593 g/mol. The quantitative estimate of drug-likeness (QED) is 0.280. The van der Waals surface area contributed by atoms with Crippen molar-refractivity contribution in [1.82, 2.24) is 0 Å². The van der Waals surface area contributed by atoms with Gasteiger partial charge >= 0.3 is 0 Å². The van der Waals surface area contributed by atoms with E-state index >= 15 is 0 Å². The second kappa shape index (κ2) is 10.2. The number of rotatable bonds is 7. The maximum atomic E-state index is 14.5. The predicted molar refractivity (Wildman–Crippen MR) is 158 cm³/mol. The van der Waals surface area contributed by atoms with Crippen molar-refractivity contribution in [2.45, 2.75) is 50.2 Å². The largest absolute Gasteiger partial charge is 0.497 e. The smallest absolute Gasteiger partial charge is 0.264 e. The van der Waals surface area contributed by atoms with E-state index in [1.165, 1.54) is 5.19 Å². The Morgan fingerprint density at radius 3 is 2.49 bits per heavy atom. The number of carbonyl (C=O) groups excluding carboxylic acids is 1. The van der Waals surface area contributed by atoms with Crippen LogP contribution >= 0.6 is 22.6 Å². The van der Waals surface area contributed by atoms with Crippen LogP contribution in [0.3, 0.4) is 0 Å². The first-order valence-electron chi connectivity index (χ1n) is 12.8. The van der Waals surface area contributed by atoms with Crippen LogP contribution in [0.15, 0.2) is 72.8 Å². The molecule has 2 aliphatic heterocycles. The molecule has 3 aromatic rings. The third-order valence-corrected chi connectivity index (χ3v) is 13.4. The Labute approximate surface area is 233 Å². The molecule has 1 fully saturated rings. The van der Waals surface area contributed by atoms with Gasteiger partial charge in [0.15, 0.2) is 5.60 Å². The van der Waals surface area contributed by atoms with E-state index in [1.807, 2.05) is 41.3 Å². The number of methoxy groups -OCH3 is 1. The minimum absolute atomic E-state index is 0.00466. The van der Waals surface area contributed by atoms with Crippen molar-refractivity contribution in [3.63, 3.8) is 0 Å². The number of halogens is 1. The number of anilines is 1. The van der Waals surface area contributed by atoms with Crippen molar-refractivity contribution >= 4 is 47.4 Å². The lowest BCUT2D eigenvalue weighted by molar-refractivity contribution is -0.146. The third kappa shape index (κ3) is 4.33. The number of carbonyl (C=O) groups is 1. The number of nitrogens with zero attached hydrogens (tertiary/aromatic N) is 1. The van der Waals surface area contributed by atoms with Gasteiger partial charge in [0.25, 0.3) is 5.91 Å². The summed E-state index contributed by atoms with van der Waals surface area (Å²) < 4.78 is 13.5. The van der Waals surface area contributed by atoms with Crippen LogP contribution < -0.4 is 14.8 Å². The second-order valence-electron chi connectivity index (χ2n) is 10.7. The van der Waals surface area contributed by atoms with Crippen LogP contribution in [0.1, 0.15) is 24.5 Å². The topological polar surface area (TPSA) is 59.0 Å². The van der Waals surface area contributed by atoms with Crippen LogP contribution in [0.2, 0.25) is 18.6 Å². The van der Waals surface area contributed by atoms with Gasteiger partial charge in [0.05, 0.1) is 33.5 Å². The van der Waals surface area contributed by atoms with Gasteiger partial charge in [0.1, 0.15) is 5.75 Å². The number of hydrogen-bond donors (Lipinski definition) is 1. The molecule has 1 saturated heterocycles. The zero-order valence-electron chi connectivity index (χ0n) is 21.8. The highest BCUT2D eigenvalue weighted by atomic mass is 127. The van der Waals surface area contributed by atoms with Gasteiger partial charge < -0.3 is 19.5 Å². The van der Waals surface area contributed by atoms with Gasteiger partial charge in [0, 0.05) is 21.7 Å². The molecule has 1 N–H and O–H groups in total. The van der Waals surface area contributed by atoms with Crippen molar-refractivity contribution in [3.8, 4) is 5.75 Å². The molecule has 1 spiro atoms. The van der Waals surface area contributed by atoms with Crippen molar-refractivity contribution in [3.05, 3.63) is 87.5 Å². The fourth-order valence-electron chi connectivity index (χ4n) is 6.64. The highest BCUT2D eigenvalue weighted by Gasteiger charge is 2.66. The normalized spacial score (nSPS) is 25.1. The van der Waals surface area contributed by atoms with Crippen LogP contribution in [0.4, 0.5) is 5.69 Å². The molecule has 4 atom stereocenters. The first-order chi connectivity index (χ1) is 17.7. The van der Waals surface area contributed by atoms with E-state index in [9.17, 15) is 9.90 Å². The number of aliphatic hydroxyl groups excluding tert-OH is 1. The van der Waals surface area contributed by atoms with Crippen molar-refractivity contribution in [2.75, 3.05) is 18.6 Å². The number of fused-ring (bicyclic) bond motifs is 2. The van der Waals surface area contributed by atoms with Crippen LogP contribution in [-0.2, 0) is 21.7 Å². The molecule has 3 aromatic carbocycles. The maximum absolute atomic E-state index is 14.5. The van der Waals surface area contributed by atoms with Gasteiger partial charge in [-0.2, -0.15) is 0 Å². The van der Waals surface area contributed by atoms with Crippen molar-refractivity contribution in [2.24, 2.45) is 5.92 Å². The fourth-order valence-corrected chi connectivity index (χ4v) is 11.3. The number of amides is 1. The zero-order valence-corrected chi connectivity index (χ0v) is 24.9. The molecule has 5 nitrogen and oxygen atoms in total. The molecule has 5 rings (SSSR count). The summed E-state index contributed by atoms with van der Waals surface area (Å²) >= 11 is 2.31. The van der Waals surface area contributed by atoms with Crippen molar-refractivity contribution in [1.29, 1.82) is 0 Å². The lowest BCUT2D eigenvalue weighted by Crippen LogP contribution is -2.51. The standard InChI is InChI=1S/C30H34INO4Si/c1-20-28(37(3,4)24-14-12-23(35-2)13-15-24)27(16-17-33)36-30(20)25-10-5-6-11-26(25)32(29(30)34)19-21-8-7-9-22(31)18-21/h5-15,18,20,27-28,33H,16-17,19H2,1-4H3/t20-,27+,28-,30-/m0/s1. The maximum Gasteiger partial charge on any atom is 0.264 e. The molecule has 2 heterocycles. The van der Waals surface area contributed by atoms with E-state index in [0.717, 1.165) is 26.1 Å². The van der Waals surface area contributed by atoms with Gasteiger partial charge in [-0.3, -0.25) is 4.79 Å². The molecule has 194 valence electrons. The number of para-hydroxylation sites is 1. The van der Waals surface area contributed by atoms with Gasteiger partial charge in [0.2, 0.25) is 0 Å². The van der Waals surface area contributed by atoms with E-state index in [-0.39, 0.29) is 30.1 Å². The number of hydrogen-bond acceptors (Lipinski definition) is 4. The van der Waals surface area contributed by atoms with E-state index < -0.39 is 13.7 Å². The zero-order chi connectivity index (χ0) is 26.4. The highest BCUT2D eigenvalue weighted by molar-refractivity contribution is 14.1. The molecule has 0 bridgehead atoms. The average Bonchev–Trinajstić information content (AvgIpc) is 3.32. The molecule has 2 aliphatic rings. The Morgan fingerprint density at radius 1 is 1.08 bits per heavy atom. The molecular formula is C30H34INO4Si. The monoisotopic (exact) mass is 627 g/mol. The van der Waals surface area contributed by atoms with E-state index in [4.69, 9.17) is 9.47 Å². The Hall–Kier alpha value is -2.20. The fraction of sp³-hybridized carbons (Fsp3) is 0.367. The van der Waals surface area contributed by atoms with Crippen LogP contribution in [0.5, 0.6) is 5.75 Å². The first kappa shape index (κ1) is 26.4. The molecule has 37 heavy (non-hydrogen) atoms. The average molecular weight is 628 g/mol. The second-order valence-corrected chi connectivity index (χ2v) is 16.6. The summed E-state index contributed by atoms with van der Waals surface area (Å²) in [6.07, 6.45) is 0.300. The molecule has 7 heteroatoms. The Balaban J connectivity index is 1.58. The Kier molecular flexibility index (Phi) is 7.26. The summed E-state index contributed by atoms with van der Waals surface area (Å²) in [5.41, 5.74) is 2.05. The molecule has 1 amide bonds. The summed E-state index contributed by atoms with van der Waals surface area (Å²) in [5, 5.41) is 11.3. The summed E-state index contributed by atoms with van der Waals surface area (Å²) in [6, 6.07) is 24.7. The third-order valence-electron chi connectivity index (χ3n) is 8.39. The predicted octanol–water partition coefficient (Wildman–Crippen LogP) is 5.45. The summed E-state index contributed by atoms with van der Waals surface area (Å²) in [5.74, 6) is 0.783. The number of ether oxygens (including phenoxy) is 2. The van der Waals surface area contributed by atoms with Crippen LogP contribution in [0.25, 0.3) is 0 Å². The Bertz CT molecular complexity index is 1300. The van der Waals surface area contributed by atoms with Gasteiger partial charge in [-0.15, -0.1) is 0 Å². The lowest BCUT2D eigenvalue weighted by atomic mass is 9.82. The van der Waals surface area contributed by atoms with Gasteiger partial charge in [-0.05, 0) is 70.4 Å². The molecule has 0 aliphatic carbocycles. The minimum atomic E-state index is -2.16. The van der Waals surface area contributed by atoms with E-state index in [0.29, 0.717) is 13.0 Å². The SMILES string of the molecule is COc1ccc([Si](C)(C)[C@@H]2[C@@H](CCO)O[C@@]3(C(=O)N(Cc4cccc(I)c4)c4ccccc43)[C@H]2C)cc1. The van der Waals surface area contributed by atoms with E-state index in [1.54, 1.807) is 7.11 Å². The molecule has 0 radical (unpaired) electrons. The summed E-state index contributed by atoms with van der Waals surface area (Å²) in [4.78, 5) is 16.4. The minimum Gasteiger partial charge on any atom is -0.497 e. The number of benzene rings is 3. The summed E-state index contributed by atoms with van der Waals surface area (Å²) in [6.45, 7) is 7.43. The molecule has 0 saturated carbocycles. The van der Waals surface area contributed by atoms with Crippen LogP contribution in [0, 0.1) is 9.49 Å². The van der Waals surface area contributed by atoms with Gasteiger partial charge in [-0.1, -0.05) is 67.7 Å². The number of aliphatic hydroxyl groups is 1. The lowest BCUT2D eigenvalue weighted by Gasteiger charge is -2.37. The highest BCUT2D eigenvalue weighted by Crippen LogP contribution is 2.60.